The molecule has 0 aromatic carbocycles. The first-order chi connectivity index (χ1) is 5.68. The molecule has 2 aliphatic rings. The van der Waals surface area contributed by atoms with E-state index in [1.165, 1.54) is 6.92 Å². The van der Waals surface area contributed by atoms with E-state index < -0.39 is 6.17 Å². The molecule has 0 radical (unpaired) electrons. The lowest BCUT2D eigenvalue weighted by molar-refractivity contribution is -0.120. The van der Waals surface area contributed by atoms with Crippen molar-refractivity contribution in [1.82, 2.24) is 5.32 Å². The van der Waals surface area contributed by atoms with Crippen molar-refractivity contribution in [2.24, 2.45) is 11.8 Å². The van der Waals surface area contributed by atoms with Crippen molar-refractivity contribution >= 4 is 5.91 Å². The molecule has 0 unspecified atom stereocenters. The van der Waals surface area contributed by atoms with Crippen LogP contribution in [0.3, 0.4) is 0 Å². The van der Waals surface area contributed by atoms with Gasteiger partial charge in [-0.1, -0.05) is 0 Å². The maximum Gasteiger partial charge on any atom is 0.217 e. The van der Waals surface area contributed by atoms with Gasteiger partial charge >= 0.3 is 0 Å². The molecule has 2 aliphatic carbocycles. The van der Waals surface area contributed by atoms with Gasteiger partial charge in [0.15, 0.2) is 0 Å². The monoisotopic (exact) mass is 171 g/mol. The molecule has 1 N–H and O–H groups in total. The highest BCUT2D eigenvalue weighted by Crippen LogP contribution is 2.46. The Morgan fingerprint density at radius 2 is 2.25 bits per heavy atom. The number of alkyl halides is 1. The molecule has 2 fully saturated rings. The maximum atomic E-state index is 13.3. The van der Waals surface area contributed by atoms with Gasteiger partial charge in [-0.25, -0.2) is 4.39 Å². The second-order valence-corrected chi connectivity index (χ2v) is 3.99. The number of amides is 1. The van der Waals surface area contributed by atoms with Crippen LogP contribution < -0.4 is 5.32 Å². The Balaban J connectivity index is 1.99. The van der Waals surface area contributed by atoms with Crippen molar-refractivity contribution in [3.8, 4) is 0 Å². The van der Waals surface area contributed by atoms with E-state index in [-0.39, 0.29) is 23.8 Å². The van der Waals surface area contributed by atoms with Gasteiger partial charge in [0.05, 0.1) is 0 Å². The van der Waals surface area contributed by atoms with Gasteiger partial charge in [0, 0.05) is 18.9 Å². The molecular formula is C9H14FNO. The van der Waals surface area contributed by atoms with Crippen LogP contribution in [0, 0.1) is 11.8 Å². The molecular weight excluding hydrogens is 157 g/mol. The van der Waals surface area contributed by atoms with E-state index in [1.807, 2.05) is 0 Å². The van der Waals surface area contributed by atoms with Gasteiger partial charge in [0.1, 0.15) is 6.17 Å². The fourth-order valence-electron chi connectivity index (χ4n) is 2.67. The molecule has 2 nitrogen and oxygen atoms in total. The number of carbonyl (C=O) groups is 1. The third-order valence-electron chi connectivity index (χ3n) is 3.19. The van der Waals surface area contributed by atoms with E-state index in [1.54, 1.807) is 0 Å². The van der Waals surface area contributed by atoms with Crippen molar-refractivity contribution in [3.63, 3.8) is 0 Å². The minimum Gasteiger partial charge on any atom is -0.353 e. The second kappa shape index (κ2) is 2.71. The summed E-state index contributed by atoms with van der Waals surface area (Å²) in [6, 6.07) is 0.122. The highest BCUT2D eigenvalue weighted by Gasteiger charge is 2.48. The van der Waals surface area contributed by atoms with E-state index >= 15 is 0 Å². The first kappa shape index (κ1) is 8.02. The summed E-state index contributed by atoms with van der Waals surface area (Å²) in [4.78, 5) is 10.7. The van der Waals surface area contributed by atoms with Crippen LogP contribution >= 0.6 is 0 Å². The minimum absolute atomic E-state index is 0.0280. The molecule has 2 rings (SSSR count). The lowest BCUT2D eigenvalue weighted by Crippen LogP contribution is -2.37. The zero-order chi connectivity index (χ0) is 8.72. The molecule has 2 saturated carbocycles. The predicted octanol–water partition coefficient (Wildman–Crippen LogP) is 1.26. The third kappa shape index (κ3) is 1.11. The van der Waals surface area contributed by atoms with Crippen LogP contribution in [0.15, 0.2) is 0 Å². The zero-order valence-corrected chi connectivity index (χ0v) is 7.22. The Bertz CT molecular complexity index is 207. The largest absolute Gasteiger partial charge is 0.353 e. The second-order valence-electron chi connectivity index (χ2n) is 3.99. The highest BCUT2D eigenvalue weighted by molar-refractivity contribution is 5.73. The summed E-state index contributed by atoms with van der Waals surface area (Å²) in [7, 11) is 0. The van der Waals surface area contributed by atoms with Gasteiger partial charge in [-0.15, -0.1) is 0 Å². The lowest BCUT2D eigenvalue weighted by Gasteiger charge is -2.21. The minimum atomic E-state index is -0.651. The molecule has 0 aromatic heterocycles. The molecule has 0 aliphatic heterocycles. The number of carbonyl (C=O) groups excluding carboxylic acids is 1. The molecule has 12 heavy (non-hydrogen) atoms. The standard InChI is InChI=1S/C9H14FNO/c1-5(12)11-8-4-6-2-3-7(8)9(6)10/h6-9H,2-4H2,1H3,(H,11,12)/t6-,7+,8-,9-/m0/s1. The number of nitrogens with one attached hydrogen (secondary N) is 1. The smallest absolute Gasteiger partial charge is 0.217 e. The molecule has 68 valence electrons. The van der Waals surface area contributed by atoms with Crippen LogP contribution in [0.1, 0.15) is 26.2 Å². The Morgan fingerprint density at radius 1 is 1.50 bits per heavy atom. The number of halogens is 1. The fourth-order valence-corrected chi connectivity index (χ4v) is 2.67. The van der Waals surface area contributed by atoms with Gasteiger partial charge in [0.2, 0.25) is 5.91 Å². The van der Waals surface area contributed by atoms with Crippen molar-refractivity contribution in [2.75, 3.05) is 0 Å². The quantitative estimate of drug-likeness (QED) is 0.632. The van der Waals surface area contributed by atoms with Gasteiger partial charge < -0.3 is 5.32 Å². The topological polar surface area (TPSA) is 29.1 Å². The summed E-state index contributed by atoms with van der Waals surface area (Å²) in [6.45, 7) is 1.50. The molecule has 0 aromatic rings. The molecule has 0 spiro atoms. The molecule has 0 heterocycles. The SMILES string of the molecule is CC(=O)N[C@H]1C[C@@H]2CC[C@H]1[C@H]2F. The fraction of sp³-hybridized carbons (Fsp3) is 0.889. The third-order valence-corrected chi connectivity index (χ3v) is 3.19. The summed E-state index contributed by atoms with van der Waals surface area (Å²) in [5.74, 6) is 0.311. The Hall–Kier alpha value is -0.600. The van der Waals surface area contributed by atoms with Crippen molar-refractivity contribution in [3.05, 3.63) is 0 Å². The number of hydrogen-bond acceptors (Lipinski definition) is 1. The van der Waals surface area contributed by atoms with Crippen LogP contribution in [0.5, 0.6) is 0 Å². The van der Waals surface area contributed by atoms with Crippen LogP contribution in [0.4, 0.5) is 4.39 Å². The summed E-state index contributed by atoms with van der Waals surface area (Å²) < 4.78 is 13.3. The van der Waals surface area contributed by atoms with Crippen molar-refractivity contribution in [1.29, 1.82) is 0 Å². The van der Waals surface area contributed by atoms with Crippen LogP contribution in [-0.4, -0.2) is 18.1 Å². The average molecular weight is 171 g/mol. The summed E-state index contributed by atoms with van der Waals surface area (Å²) in [6.07, 6.45) is 2.17. The van der Waals surface area contributed by atoms with Gasteiger partial charge in [0.25, 0.3) is 0 Å². The predicted molar refractivity (Wildman–Crippen MR) is 43.3 cm³/mol. The van der Waals surface area contributed by atoms with Crippen molar-refractivity contribution in [2.45, 2.75) is 38.4 Å². The van der Waals surface area contributed by atoms with Gasteiger partial charge in [-0.3, -0.25) is 4.79 Å². The van der Waals surface area contributed by atoms with Crippen LogP contribution in [-0.2, 0) is 4.79 Å². The van der Waals surface area contributed by atoms with E-state index in [2.05, 4.69) is 5.32 Å². The molecule has 0 saturated heterocycles. The number of fused-ring (bicyclic) bond motifs is 2. The van der Waals surface area contributed by atoms with Crippen LogP contribution in [0.25, 0.3) is 0 Å². The molecule has 4 atom stereocenters. The lowest BCUT2D eigenvalue weighted by atomic mass is 9.95. The number of rotatable bonds is 1. The van der Waals surface area contributed by atoms with Gasteiger partial charge in [-0.2, -0.15) is 0 Å². The van der Waals surface area contributed by atoms with E-state index in [9.17, 15) is 9.18 Å². The summed E-state index contributed by atoms with van der Waals surface area (Å²) >= 11 is 0. The highest BCUT2D eigenvalue weighted by atomic mass is 19.1. The average Bonchev–Trinajstić information content (AvgIpc) is 2.44. The molecule has 2 bridgehead atoms. The van der Waals surface area contributed by atoms with E-state index in [0.29, 0.717) is 0 Å². The molecule has 3 heteroatoms. The first-order valence-electron chi connectivity index (χ1n) is 4.59. The van der Waals surface area contributed by atoms with Crippen molar-refractivity contribution < 1.29 is 9.18 Å². The summed E-state index contributed by atoms with van der Waals surface area (Å²) in [5, 5.41) is 2.82. The maximum absolute atomic E-state index is 13.3. The Kier molecular flexibility index (Phi) is 1.81. The van der Waals surface area contributed by atoms with Gasteiger partial charge in [-0.05, 0) is 25.2 Å². The summed E-state index contributed by atoms with van der Waals surface area (Å²) in [5.41, 5.74) is 0. The first-order valence-corrected chi connectivity index (χ1v) is 4.59. The van der Waals surface area contributed by atoms with E-state index in [4.69, 9.17) is 0 Å². The van der Waals surface area contributed by atoms with Crippen LogP contribution in [0.2, 0.25) is 0 Å². The Morgan fingerprint density at radius 3 is 2.67 bits per heavy atom. The normalized spacial score (nSPS) is 44.8. The number of hydrogen-bond donors (Lipinski definition) is 1. The zero-order valence-electron chi connectivity index (χ0n) is 7.22. The molecule has 1 amide bonds. The Labute approximate surface area is 71.5 Å². The van der Waals surface area contributed by atoms with E-state index in [0.717, 1.165) is 19.3 Å².